The van der Waals surface area contributed by atoms with Crippen molar-refractivity contribution < 1.29 is 4.43 Å². The smallest absolute Gasteiger partial charge is 0.194 e. The highest BCUT2D eigenvalue weighted by Gasteiger charge is 2.42. The first-order valence-corrected chi connectivity index (χ1v) is 11.1. The van der Waals surface area contributed by atoms with Crippen molar-refractivity contribution in [3.8, 4) is 6.07 Å². The molecule has 0 bridgehead atoms. The van der Waals surface area contributed by atoms with Crippen LogP contribution in [-0.4, -0.2) is 13.9 Å². The van der Waals surface area contributed by atoms with E-state index in [9.17, 15) is 5.26 Å². The average molecular weight is 298 g/mol. The van der Waals surface area contributed by atoms with Crippen molar-refractivity contribution in [2.24, 2.45) is 0 Å². The highest BCUT2D eigenvalue weighted by Crippen LogP contribution is 2.40. The average Bonchev–Trinajstić information content (AvgIpc) is 2.31. The van der Waals surface area contributed by atoms with Crippen molar-refractivity contribution >= 4 is 8.32 Å². The number of hydrogen-bond acceptors (Lipinski definition) is 2. The van der Waals surface area contributed by atoms with Crippen LogP contribution in [0.2, 0.25) is 18.1 Å². The van der Waals surface area contributed by atoms with Crippen molar-refractivity contribution in [2.75, 3.05) is 0 Å². The molecule has 0 aromatic rings. The minimum atomic E-state index is -1.86. The van der Waals surface area contributed by atoms with Crippen LogP contribution in [0, 0.1) is 11.3 Å². The molecule has 0 rings (SSSR count). The van der Waals surface area contributed by atoms with Gasteiger partial charge in [-0.2, -0.15) is 5.26 Å². The van der Waals surface area contributed by atoms with E-state index >= 15 is 0 Å². The second kappa shape index (κ2) is 8.19. The first-order valence-electron chi connectivity index (χ1n) is 8.19. The molecule has 2 nitrogen and oxygen atoms in total. The Morgan fingerprint density at radius 2 is 1.45 bits per heavy atom. The summed E-state index contributed by atoms with van der Waals surface area (Å²) in [4.78, 5) is 0. The summed E-state index contributed by atoms with van der Waals surface area (Å²) in [5.41, 5.74) is -0.603. The Morgan fingerprint density at radius 3 is 1.90 bits per heavy atom. The summed E-state index contributed by atoms with van der Waals surface area (Å²) in [6.07, 6.45) is 8.40. The molecule has 3 heteroatoms. The first kappa shape index (κ1) is 19.7. The Morgan fingerprint density at radius 1 is 0.950 bits per heavy atom. The van der Waals surface area contributed by atoms with Crippen LogP contribution in [-0.2, 0) is 4.43 Å². The van der Waals surface area contributed by atoms with Gasteiger partial charge in [-0.25, -0.2) is 0 Å². The lowest BCUT2D eigenvalue weighted by molar-refractivity contribution is 0.116. The molecule has 0 radical (unpaired) electrons. The number of nitrogens with zero attached hydrogens (tertiary/aromatic N) is 1. The summed E-state index contributed by atoms with van der Waals surface area (Å²) < 4.78 is 6.34. The van der Waals surface area contributed by atoms with E-state index in [1.54, 1.807) is 0 Å². The van der Waals surface area contributed by atoms with Gasteiger partial charge in [0.1, 0.15) is 5.60 Å². The second-order valence-electron chi connectivity index (χ2n) is 7.72. The van der Waals surface area contributed by atoms with Crippen LogP contribution in [0.15, 0.2) is 0 Å². The van der Waals surface area contributed by atoms with Crippen LogP contribution in [0.1, 0.15) is 79.6 Å². The molecule has 1 atom stereocenters. The van der Waals surface area contributed by atoms with E-state index in [0.29, 0.717) is 0 Å². The standard InChI is InChI=1S/C17H35NOSi/c1-8-9-10-11-12-13-14-17(5,15-18)19-20(6,7)16(2,3)4/h8-14H2,1-7H3. The number of rotatable bonds is 9. The highest BCUT2D eigenvalue weighted by molar-refractivity contribution is 6.74. The van der Waals surface area contributed by atoms with Crippen molar-refractivity contribution in [1.29, 1.82) is 5.26 Å². The molecule has 0 saturated carbocycles. The van der Waals surface area contributed by atoms with E-state index in [1.807, 2.05) is 6.92 Å². The molecule has 0 amide bonds. The van der Waals surface area contributed by atoms with Gasteiger partial charge < -0.3 is 4.43 Å². The molecule has 0 aliphatic heterocycles. The van der Waals surface area contributed by atoms with Crippen LogP contribution >= 0.6 is 0 Å². The van der Waals surface area contributed by atoms with Gasteiger partial charge in [0.25, 0.3) is 0 Å². The highest BCUT2D eigenvalue weighted by atomic mass is 28.4. The molecule has 0 aliphatic carbocycles. The lowest BCUT2D eigenvalue weighted by Gasteiger charge is -2.41. The van der Waals surface area contributed by atoms with Gasteiger partial charge in [-0.1, -0.05) is 59.8 Å². The Bertz CT molecular complexity index is 314. The van der Waals surface area contributed by atoms with Crippen molar-refractivity contribution in [1.82, 2.24) is 0 Å². The third kappa shape index (κ3) is 6.90. The van der Waals surface area contributed by atoms with E-state index in [0.717, 1.165) is 12.8 Å². The molecule has 0 aromatic carbocycles. The molecule has 20 heavy (non-hydrogen) atoms. The van der Waals surface area contributed by atoms with Gasteiger partial charge in [-0.15, -0.1) is 0 Å². The van der Waals surface area contributed by atoms with Gasteiger partial charge in [0.05, 0.1) is 6.07 Å². The normalized spacial score (nSPS) is 15.7. The van der Waals surface area contributed by atoms with Crippen LogP contribution in [0.3, 0.4) is 0 Å². The topological polar surface area (TPSA) is 33.0 Å². The maximum atomic E-state index is 9.50. The first-order chi connectivity index (χ1) is 9.08. The quantitative estimate of drug-likeness (QED) is 0.384. The molecule has 0 heterocycles. The van der Waals surface area contributed by atoms with Gasteiger partial charge in [0, 0.05) is 0 Å². The molecule has 0 spiro atoms. The predicted octanol–water partition coefficient (Wildman–Crippen LogP) is 6.04. The van der Waals surface area contributed by atoms with Crippen LogP contribution in [0.5, 0.6) is 0 Å². The number of nitriles is 1. The van der Waals surface area contributed by atoms with Crippen LogP contribution in [0.4, 0.5) is 0 Å². The summed E-state index contributed by atoms with van der Waals surface area (Å²) in [6.45, 7) is 15.3. The molecule has 0 aliphatic rings. The van der Waals surface area contributed by atoms with E-state index in [1.165, 1.54) is 32.1 Å². The molecular formula is C17H35NOSi. The summed E-state index contributed by atoms with van der Waals surface area (Å²) in [6, 6.07) is 2.42. The zero-order valence-electron chi connectivity index (χ0n) is 14.8. The predicted molar refractivity (Wildman–Crippen MR) is 90.3 cm³/mol. The number of hydrogen-bond donors (Lipinski definition) is 0. The molecule has 0 aromatic heterocycles. The van der Waals surface area contributed by atoms with Gasteiger partial charge in [0.15, 0.2) is 8.32 Å². The SMILES string of the molecule is CCCCCCCCC(C)(C#N)O[Si](C)(C)C(C)(C)C. The van der Waals surface area contributed by atoms with Gasteiger partial charge in [-0.3, -0.25) is 0 Å². The lowest BCUT2D eigenvalue weighted by atomic mass is 9.99. The molecule has 118 valence electrons. The summed E-state index contributed by atoms with van der Waals surface area (Å²) >= 11 is 0. The summed E-state index contributed by atoms with van der Waals surface area (Å²) in [7, 11) is -1.86. The Hall–Kier alpha value is -0.333. The maximum Gasteiger partial charge on any atom is 0.194 e. The van der Waals surface area contributed by atoms with E-state index in [-0.39, 0.29) is 5.04 Å². The van der Waals surface area contributed by atoms with E-state index < -0.39 is 13.9 Å². The lowest BCUT2D eigenvalue weighted by Crippen LogP contribution is -2.48. The Balaban J connectivity index is 4.32. The zero-order chi connectivity index (χ0) is 15.9. The van der Waals surface area contributed by atoms with Crippen molar-refractivity contribution in [3.63, 3.8) is 0 Å². The fourth-order valence-electron chi connectivity index (χ4n) is 2.09. The summed E-state index contributed by atoms with van der Waals surface area (Å²) in [5, 5.41) is 9.66. The van der Waals surface area contributed by atoms with Crippen LogP contribution in [0.25, 0.3) is 0 Å². The third-order valence-electron chi connectivity index (χ3n) is 4.53. The fraction of sp³-hybridized carbons (Fsp3) is 0.941. The minimum absolute atomic E-state index is 0.159. The number of unbranched alkanes of at least 4 members (excludes halogenated alkanes) is 5. The van der Waals surface area contributed by atoms with E-state index in [4.69, 9.17) is 4.43 Å². The second-order valence-corrected chi connectivity index (χ2v) is 12.4. The molecule has 0 fully saturated rings. The van der Waals surface area contributed by atoms with Crippen molar-refractivity contribution in [2.45, 2.75) is 103 Å². The monoisotopic (exact) mass is 297 g/mol. The Labute approximate surface area is 128 Å². The molecule has 1 unspecified atom stereocenters. The van der Waals surface area contributed by atoms with Gasteiger partial charge in [0.2, 0.25) is 0 Å². The van der Waals surface area contributed by atoms with E-state index in [2.05, 4.69) is 46.9 Å². The fourth-order valence-corrected chi connectivity index (χ4v) is 3.67. The van der Waals surface area contributed by atoms with Gasteiger partial charge >= 0.3 is 0 Å². The minimum Gasteiger partial charge on any atom is -0.399 e. The third-order valence-corrected chi connectivity index (χ3v) is 9.10. The Kier molecular flexibility index (Phi) is 8.06. The van der Waals surface area contributed by atoms with Gasteiger partial charge in [-0.05, 0) is 37.9 Å². The molecule has 0 saturated heterocycles. The molecular weight excluding hydrogens is 262 g/mol. The van der Waals surface area contributed by atoms with Crippen molar-refractivity contribution in [3.05, 3.63) is 0 Å². The largest absolute Gasteiger partial charge is 0.399 e. The summed E-state index contributed by atoms with van der Waals surface area (Å²) in [5.74, 6) is 0. The van der Waals surface area contributed by atoms with Crippen LogP contribution < -0.4 is 0 Å². The zero-order valence-corrected chi connectivity index (χ0v) is 15.8. The molecule has 0 N–H and O–H groups in total. The maximum absolute atomic E-state index is 9.50.